The molecule has 0 aliphatic rings. The van der Waals surface area contributed by atoms with Gasteiger partial charge in [-0.1, -0.05) is 6.07 Å². The van der Waals surface area contributed by atoms with E-state index in [2.05, 4.69) is 20.7 Å². The number of nitro groups is 1. The van der Waals surface area contributed by atoms with E-state index in [4.69, 9.17) is 0 Å². The maximum absolute atomic E-state index is 12.2. The van der Waals surface area contributed by atoms with Crippen molar-refractivity contribution in [1.29, 1.82) is 0 Å². The van der Waals surface area contributed by atoms with Crippen molar-refractivity contribution in [1.82, 2.24) is 0 Å². The Kier molecular flexibility index (Phi) is 4.14. The SMILES string of the molecule is O=[N+]([O-])c1ccc(Br)c(NS(=O)(=O)c2cccc(O)c2)c1. The zero-order valence-electron chi connectivity index (χ0n) is 10.4. The Morgan fingerprint density at radius 1 is 1.19 bits per heavy atom. The zero-order valence-corrected chi connectivity index (χ0v) is 12.8. The number of benzene rings is 2. The summed E-state index contributed by atoms with van der Waals surface area (Å²) in [6, 6.07) is 8.81. The summed E-state index contributed by atoms with van der Waals surface area (Å²) in [7, 11) is -3.96. The molecule has 0 spiro atoms. The third-order valence-electron chi connectivity index (χ3n) is 2.53. The van der Waals surface area contributed by atoms with Crippen molar-refractivity contribution in [2.45, 2.75) is 4.90 Å². The molecule has 2 aromatic rings. The summed E-state index contributed by atoms with van der Waals surface area (Å²) in [6.07, 6.45) is 0. The summed E-state index contributed by atoms with van der Waals surface area (Å²) in [5.41, 5.74) is -0.209. The van der Waals surface area contributed by atoms with Gasteiger partial charge >= 0.3 is 0 Å². The summed E-state index contributed by atoms with van der Waals surface area (Å²) in [5, 5.41) is 20.0. The second kappa shape index (κ2) is 5.70. The number of hydrogen-bond acceptors (Lipinski definition) is 5. The summed E-state index contributed by atoms with van der Waals surface area (Å²) in [4.78, 5) is 9.95. The molecule has 2 N–H and O–H groups in total. The topological polar surface area (TPSA) is 110 Å². The number of sulfonamides is 1. The summed E-state index contributed by atoms with van der Waals surface area (Å²) < 4.78 is 26.9. The van der Waals surface area contributed by atoms with Crippen molar-refractivity contribution in [3.8, 4) is 5.75 Å². The number of hydrogen-bond donors (Lipinski definition) is 2. The summed E-state index contributed by atoms with van der Waals surface area (Å²) in [5.74, 6) is -0.198. The van der Waals surface area contributed by atoms with Crippen molar-refractivity contribution in [2.24, 2.45) is 0 Å². The largest absolute Gasteiger partial charge is 0.508 e. The Balaban J connectivity index is 2.41. The lowest BCUT2D eigenvalue weighted by Gasteiger charge is -2.09. The maximum Gasteiger partial charge on any atom is 0.271 e. The summed E-state index contributed by atoms with van der Waals surface area (Å²) in [6.45, 7) is 0. The maximum atomic E-state index is 12.2. The molecule has 0 saturated heterocycles. The fraction of sp³-hybridized carbons (Fsp3) is 0. The van der Waals surface area contributed by atoms with Gasteiger partial charge < -0.3 is 5.11 Å². The van der Waals surface area contributed by atoms with Gasteiger partial charge in [-0.2, -0.15) is 0 Å². The molecule has 0 aromatic heterocycles. The van der Waals surface area contributed by atoms with Gasteiger partial charge in [0.25, 0.3) is 15.7 Å². The van der Waals surface area contributed by atoms with Crippen molar-refractivity contribution in [2.75, 3.05) is 4.72 Å². The standard InChI is InChI=1S/C12H9BrN2O5S/c13-11-5-4-8(15(17)18)6-12(11)14-21(19,20)10-3-1-2-9(16)7-10/h1-7,14,16H. The molecule has 2 rings (SSSR count). The highest BCUT2D eigenvalue weighted by Crippen LogP contribution is 2.29. The first-order valence-electron chi connectivity index (χ1n) is 5.55. The van der Waals surface area contributed by atoms with E-state index in [1.54, 1.807) is 0 Å². The van der Waals surface area contributed by atoms with Crippen LogP contribution in [0.25, 0.3) is 0 Å². The van der Waals surface area contributed by atoms with Crippen molar-refractivity contribution >= 4 is 37.3 Å². The van der Waals surface area contributed by atoms with Crippen LogP contribution < -0.4 is 4.72 Å². The molecule has 0 unspecified atom stereocenters. The second-order valence-corrected chi connectivity index (χ2v) is 6.56. The highest BCUT2D eigenvalue weighted by Gasteiger charge is 2.18. The molecular formula is C12H9BrN2O5S. The lowest BCUT2D eigenvalue weighted by molar-refractivity contribution is -0.384. The van der Waals surface area contributed by atoms with E-state index in [-0.39, 0.29) is 22.0 Å². The van der Waals surface area contributed by atoms with Crippen LogP contribution in [0.15, 0.2) is 51.8 Å². The molecule has 0 atom stereocenters. The van der Waals surface area contributed by atoms with Gasteiger partial charge in [-0.05, 0) is 34.1 Å². The minimum Gasteiger partial charge on any atom is -0.508 e. The van der Waals surface area contributed by atoms with Gasteiger partial charge in [-0.15, -0.1) is 0 Å². The molecule has 7 nitrogen and oxygen atoms in total. The van der Waals surface area contributed by atoms with Gasteiger partial charge in [0.05, 0.1) is 15.5 Å². The van der Waals surface area contributed by atoms with E-state index in [1.165, 1.54) is 30.3 Å². The average molecular weight is 373 g/mol. The molecular weight excluding hydrogens is 364 g/mol. The number of rotatable bonds is 4. The van der Waals surface area contributed by atoms with Crippen molar-refractivity contribution in [3.63, 3.8) is 0 Å². The summed E-state index contributed by atoms with van der Waals surface area (Å²) >= 11 is 3.12. The van der Waals surface area contributed by atoms with Crippen LogP contribution >= 0.6 is 15.9 Å². The number of anilines is 1. The minimum atomic E-state index is -3.96. The Morgan fingerprint density at radius 3 is 2.52 bits per heavy atom. The van der Waals surface area contributed by atoms with Crippen LogP contribution in [0.4, 0.5) is 11.4 Å². The average Bonchev–Trinajstić information content (AvgIpc) is 2.41. The number of phenolic OH excluding ortho intramolecular Hbond substituents is 1. The lowest BCUT2D eigenvalue weighted by Crippen LogP contribution is -2.13. The quantitative estimate of drug-likeness (QED) is 0.633. The fourth-order valence-electron chi connectivity index (χ4n) is 1.56. The third-order valence-corrected chi connectivity index (χ3v) is 4.59. The molecule has 0 saturated carbocycles. The van der Waals surface area contributed by atoms with Crippen LogP contribution in [0.3, 0.4) is 0 Å². The van der Waals surface area contributed by atoms with Gasteiger partial charge in [0.2, 0.25) is 0 Å². The van der Waals surface area contributed by atoms with Crippen LogP contribution in [0, 0.1) is 10.1 Å². The van der Waals surface area contributed by atoms with Gasteiger partial charge in [0.15, 0.2) is 0 Å². The predicted molar refractivity (Wildman–Crippen MR) is 79.7 cm³/mol. The lowest BCUT2D eigenvalue weighted by atomic mass is 10.3. The van der Waals surface area contributed by atoms with Crippen LogP contribution in [-0.2, 0) is 10.0 Å². The van der Waals surface area contributed by atoms with Gasteiger partial charge in [0.1, 0.15) is 5.75 Å². The van der Waals surface area contributed by atoms with Crippen LogP contribution in [0.1, 0.15) is 0 Å². The molecule has 110 valence electrons. The molecule has 0 radical (unpaired) electrons. The Hall–Kier alpha value is -2.13. The van der Waals surface area contributed by atoms with Crippen molar-refractivity contribution in [3.05, 3.63) is 57.1 Å². The first-order valence-corrected chi connectivity index (χ1v) is 7.83. The normalized spacial score (nSPS) is 11.1. The number of phenols is 1. The van der Waals surface area contributed by atoms with Crippen LogP contribution in [0.5, 0.6) is 5.75 Å². The highest BCUT2D eigenvalue weighted by molar-refractivity contribution is 9.10. The van der Waals surface area contributed by atoms with E-state index in [0.717, 1.165) is 12.1 Å². The van der Waals surface area contributed by atoms with Gasteiger partial charge in [-0.3, -0.25) is 14.8 Å². The first kappa shape index (κ1) is 15.3. The monoisotopic (exact) mass is 372 g/mol. The number of non-ortho nitro benzene ring substituents is 1. The molecule has 0 aliphatic heterocycles. The first-order chi connectivity index (χ1) is 9.79. The second-order valence-electron chi connectivity index (χ2n) is 4.02. The molecule has 0 heterocycles. The predicted octanol–water partition coefficient (Wildman–Crippen LogP) is 2.86. The molecule has 21 heavy (non-hydrogen) atoms. The number of nitrogens with one attached hydrogen (secondary N) is 1. The molecule has 0 amide bonds. The number of aromatic hydroxyl groups is 1. The van der Waals surface area contributed by atoms with Crippen LogP contribution in [0.2, 0.25) is 0 Å². The molecule has 0 aliphatic carbocycles. The van der Waals surface area contributed by atoms with E-state index in [0.29, 0.717) is 4.47 Å². The van der Waals surface area contributed by atoms with E-state index < -0.39 is 14.9 Å². The Labute approximate surface area is 128 Å². The van der Waals surface area contributed by atoms with E-state index in [1.807, 2.05) is 0 Å². The van der Waals surface area contributed by atoms with E-state index >= 15 is 0 Å². The highest BCUT2D eigenvalue weighted by atomic mass is 79.9. The molecule has 2 aromatic carbocycles. The Bertz CT molecular complexity index is 807. The fourth-order valence-corrected chi connectivity index (χ4v) is 3.15. The molecule has 0 bridgehead atoms. The van der Waals surface area contributed by atoms with E-state index in [9.17, 15) is 23.6 Å². The van der Waals surface area contributed by atoms with Crippen molar-refractivity contribution < 1.29 is 18.4 Å². The van der Waals surface area contributed by atoms with Crippen LogP contribution in [-0.4, -0.2) is 18.4 Å². The Morgan fingerprint density at radius 2 is 1.90 bits per heavy atom. The smallest absolute Gasteiger partial charge is 0.271 e. The number of nitro benzene ring substituents is 1. The third kappa shape index (κ3) is 3.50. The van der Waals surface area contributed by atoms with Gasteiger partial charge in [-0.25, -0.2) is 8.42 Å². The zero-order chi connectivity index (χ0) is 15.6. The van der Waals surface area contributed by atoms with Gasteiger partial charge in [0, 0.05) is 22.7 Å². The molecule has 0 fully saturated rings. The number of nitrogens with zero attached hydrogens (tertiary/aromatic N) is 1. The molecule has 9 heteroatoms. The number of halogens is 1. The minimum absolute atomic E-state index is 0.0348.